The molecule has 0 radical (unpaired) electrons. The van der Waals surface area contributed by atoms with Crippen LogP contribution in [0.3, 0.4) is 0 Å². The molecule has 0 rings (SSSR count). The molecule has 0 aromatic rings. The number of methoxy groups -OCH3 is 1. The van der Waals surface area contributed by atoms with Gasteiger partial charge in [0.2, 0.25) is 11.8 Å². The lowest BCUT2D eigenvalue weighted by Gasteiger charge is -2.40. The lowest BCUT2D eigenvalue weighted by Crippen LogP contribution is -2.47. The number of carbonyl (C=O) groups excluding carboxylic acids is 2. The van der Waals surface area contributed by atoms with Crippen LogP contribution in [0.4, 0.5) is 0 Å². The highest BCUT2D eigenvalue weighted by atomic mass is 16.5. The summed E-state index contributed by atoms with van der Waals surface area (Å²) in [5, 5.41) is 0. The molecule has 42 heavy (non-hydrogen) atoms. The van der Waals surface area contributed by atoms with E-state index < -0.39 is 0 Å². The third kappa shape index (κ3) is 16.6. The van der Waals surface area contributed by atoms with Crippen LogP contribution in [0.25, 0.3) is 0 Å². The third-order valence-corrected chi connectivity index (χ3v) is 8.47. The van der Waals surface area contributed by atoms with Crippen molar-refractivity contribution in [1.82, 2.24) is 9.80 Å². The van der Waals surface area contributed by atoms with Gasteiger partial charge in [-0.05, 0) is 32.6 Å². The van der Waals surface area contributed by atoms with Gasteiger partial charge in [0, 0.05) is 67.8 Å². The maximum atomic E-state index is 13.5. The van der Waals surface area contributed by atoms with Crippen LogP contribution < -0.4 is 0 Å². The number of unbranched alkanes of at least 4 members (excludes halogenated alkanes) is 2. The summed E-state index contributed by atoms with van der Waals surface area (Å²) >= 11 is 0. The van der Waals surface area contributed by atoms with E-state index in [1.54, 1.807) is 7.11 Å². The van der Waals surface area contributed by atoms with E-state index in [4.69, 9.17) is 14.2 Å². The van der Waals surface area contributed by atoms with Gasteiger partial charge in [-0.3, -0.25) is 9.59 Å². The summed E-state index contributed by atoms with van der Waals surface area (Å²) in [6.07, 6.45) is 6.96. The number of carbonyl (C=O) groups is 2. The first-order valence-corrected chi connectivity index (χ1v) is 16.8. The Bertz CT molecular complexity index is 756. The summed E-state index contributed by atoms with van der Waals surface area (Å²) in [4.78, 5) is 30.1. The number of rotatable bonds is 25. The van der Waals surface area contributed by atoms with Crippen LogP contribution in [0.15, 0.2) is 0 Å². The Morgan fingerprint density at radius 2 is 1.00 bits per heavy atom. The van der Waals surface area contributed by atoms with Gasteiger partial charge in [0.15, 0.2) is 0 Å². The van der Waals surface area contributed by atoms with Crippen molar-refractivity contribution < 1.29 is 23.8 Å². The molecule has 2 atom stereocenters. The minimum Gasteiger partial charge on any atom is -0.384 e. The molecular formula is C35H70N2O5. The first-order valence-electron chi connectivity index (χ1n) is 16.8. The van der Waals surface area contributed by atoms with Crippen LogP contribution >= 0.6 is 0 Å². The second-order valence-electron chi connectivity index (χ2n) is 14.9. The fraction of sp³-hybridized carbons (Fsp3) is 0.943. The molecule has 0 bridgehead atoms. The average Bonchev–Trinajstić information content (AvgIpc) is 2.92. The minimum absolute atomic E-state index is 0.00983. The normalized spacial score (nSPS) is 15.2. The molecule has 2 unspecified atom stereocenters. The quantitative estimate of drug-likeness (QED) is 0.108. The molecule has 0 aliphatic rings. The summed E-state index contributed by atoms with van der Waals surface area (Å²) in [5.74, 6) is 0.446. The fourth-order valence-corrected chi connectivity index (χ4v) is 5.17. The highest BCUT2D eigenvalue weighted by Crippen LogP contribution is 2.29. The van der Waals surface area contributed by atoms with E-state index in [-0.39, 0.29) is 33.5 Å². The Hall–Kier alpha value is -1.18. The standard InChI is InChI=1S/C35H70N2O5/c1-13-18-20-30(38)36(17-5)22-32(6,7)25-41-26-33(8,9)23-37(31(39)21-19-14-2)24-34(10,15-3)28-42-29-35(11,16-4)27-40-12/h13-29H2,1-12H3. The molecule has 0 N–H and O–H groups in total. The summed E-state index contributed by atoms with van der Waals surface area (Å²) in [7, 11) is 1.74. The highest BCUT2D eigenvalue weighted by Gasteiger charge is 2.34. The molecule has 0 aromatic carbocycles. The van der Waals surface area contributed by atoms with E-state index in [1.807, 2.05) is 11.8 Å². The minimum atomic E-state index is -0.214. The number of hydrogen-bond acceptors (Lipinski definition) is 5. The lowest BCUT2D eigenvalue weighted by atomic mass is 9.85. The van der Waals surface area contributed by atoms with E-state index >= 15 is 0 Å². The first-order chi connectivity index (χ1) is 19.5. The summed E-state index contributed by atoms with van der Waals surface area (Å²) in [6.45, 7) is 29.5. The number of ether oxygens (including phenoxy) is 3. The van der Waals surface area contributed by atoms with E-state index in [2.05, 4.69) is 74.1 Å². The van der Waals surface area contributed by atoms with E-state index in [9.17, 15) is 9.59 Å². The topological polar surface area (TPSA) is 68.3 Å². The Labute approximate surface area is 260 Å². The van der Waals surface area contributed by atoms with Crippen molar-refractivity contribution in [3.63, 3.8) is 0 Å². The van der Waals surface area contributed by atoms with E-state index in [0.29, 0.717) is 65.5 Å². The summed E-state index contributed by atoms with van der Waals surface area (Å²) in [5.41, 5.74) is -0.521. The van der Waals surface area contributed by atoms with Crippen LogP contribution in [0.1, 0.15) is 128 Å². The van der Waals surface area contributed by atoms with Gasteiger partial charge in [-0.15, -0.1) is 0 Å². The van der Waals surface area contributed by atoms with Crippen molar-refractivity contribution in [3.05, 3.63) is 0 Å². The molecule has 7 heteroatoms. The van der Waals surface area contributed by atoms with Crippen molar-refractivity contribution in [2.75, 3.05) is 66.3 Å². The van der Waals surface area contributed by atoms with Gasteiger partial charge in [-0.25, -0.2) is 0 Å². The fourth-order valence-electron chi connectivity index (χ4n) is 5.17. The van der Waals surface area contributed by atoms with Gasteiger partial charge < -0.3 is 24.0 Å². The molecule has 0 heterocycles. The zero-order valence-corrected chi connectivity index (χ0v) is 30.0. The number of amides is 2. The molecule has 0 aliphatic carbocycles. The Balaban J connectivity index is 5.37. The smallest absolute Gasteiger partial charge is 0.222 e. The highest BCUT2D eigenvalue weighted by molar-refractivity contribution is 5.76. The Kier molecular flexibility index (Phi) is 19.4. The maximum Gasteiger partial charge on any atom is 0.222 e. The molecule has 0 aromatic heterocycles. The second-order valence-corrected chi connectivity index (χ2v) is 14.9. The van der Waals surface area contributed by atoms with Crippen molar-refractivity contribution in [2.45, 2.75) is 128 Å². The Morgan fingerprint density at radius 1 is 0.571 bits per heavy atom. The van der Waals surface area contributed by atoms with Gasteiger partial charge in [-0.1, -0.05) is 82.1 Å². The molecule has 7 nitrogen and oxygen atoms in total. The van der Waals surface area contributed by atoms with E-state index in [0.717, 1.165) is 45.1 Å². The van der Waals surface area contributed by atoms with Crippen LogP contribution in [-0.2, 0) is 23.8 Å². The predicted octanol–water partition coefficient (Wildman–Crippen LogP) is 7.61. The van der Waals surface area contributed by atoms with E-state index in [1.165, 1.54) is 0 Å². The largest absolute Gasteiger partial charge is 0.384 e. The van der Waals surface area contributed by atoms with Crippen LogP contribution in [0.2, 0.25) is 0 Å². The molecule has 2 amide bonds. The molecular weight excluding hydrogens is 528 g/mol. The van der Waals surface area contributed by atoms with Crippen molar-refractivity contribution in [2.24, 2.45) is 21.7 Å². The van der Waals surface area contributed by atoms with Crippen molar-refractivity contribution in [3.8, 4) is 0 Å². The lowest BCUT2D eigenvalue weighted by molar-refractivity contribution is -0.136. The van der Waals surface area contributed by atoms with Gasteiger partial charge in [0.25, 0.3) is 0 Å². The van der Waals surface area contributed by atoms with Gasteiger partial charge in [0.05, 0.1) is 33.0 Å². The van der Waals surface area contributed by atoms with Crippen molar-refractivity contribution >= 4 is 11.8 Å². The van der Waals surface area contributed by atoms with Crippen LogP contribution in [-0.4, -0.2) is 87.9 Å². The SMILES string of the molecule is CCCCC(=O)N(CC)CC(C)(C)COCC(C)(C)CN(CC(C)(CC)COCC(C)(CC)COC)C(=O)CCCC. The molecule has 0 fully saturated rings. The summed E-state index contributed by atoms with van der Waals surface area (Å²) in [6, 6.07) is 0. The zero-order valence-electron chi connectivity index (χ0n) is 30.0. The van der Waals surface area contributed by atoms with Crippen LogP contribution in [0, 0.1) is 21.7 Å². The van der Waals surface area contributed by atoms with Gasteiger partial charge in [0.1, 0.15) is 0 Å². The molecule has 0 saturated heterocycles. The van der Waals surface area contributed by atoms with Crippen LogP contribution in [0.5, 0.6) is 0 Å². The van der Waals surface area contributed by atoms with Crippen molar-refractivity contribution in [1.29, 1.82) is 0 Å². The molecule has 0 spiro atoms. The van der Waals surface area contributed by atoms with Gasteiger partial charge >= 0.3 is 0 Å². The summed E-state index contributed by atoms with van der Waals surface area (Å²) < 4.78 is 18.0. The second kappa shape index (κ2) is 20.0. The molecule has 0 aliphatic heterocycles. The molecule has 0 saturated carbocycles. The predicted molar refractivity (Wildman–Crippen MR) is 176 cm³/mol. The molecule has 250 valence electrons. The zero-order chi connectivity index (χ0) is 32.5. The number of nitrogens with zero attached hydrogens (tertiary/aromatic N) is 2. The number of hydrogen-bond donors (Lipinski definition) is 0. The Morgan fingerprint density at radius 3 is 1.43 bits per heavy atom. The first kappa shape index (κ1) is 40.8. The van der Waals surface area contributed by atoms with Gasteiger partial charge in [-0.2, -0.15) is 0 Å². The third-order valence-electron chi connectivity index (χ3n) is 8.47. The average molecular weight is 599 g/mol. The maximum absolute atomic E-state index is 13.5. The monoisotopic (exact) mass is 599 g/mol.